The lowest BCUT2D eigenvalue weighted by atomic mass is 10.1. The van der Waals surface area contributed by atoms with Crippen LogP contribution >= 0.6 is 12.2 Å². The molecular formula is C15H18N2OS. The van der Waals surface area contributed by atoms with E-state index in [-0.39, 0.29) is 0 Å². The van der Waals surface area contributed by atoms with Gasteiger partial charge in [-0.25, -0.2) is 0 Å². The van der Waals surface area contributed by atoms with E-state index in [0.717, 1.165) is 31.0 Å². The molecule has 0 amide bonds. The largest absolute Gasteiger partial charge is 0.468 e. The zero-order valence-electron chi connectivity index (χ0n) is 11.0. The molecule has 3 nitrogen and oxygen atoms in total. The predicted molar refractivity (Wildman–Crippen MR) is 80.8 cm³/mol. The molecule has 0 fully saturated rings. The highest BCUT2D eigenvalue weighted by molar-refractivity contribution is 7.80. The van der Waals surface area contributed by atoms with Crippen molar-refractivity contribution in [3.63, 3.8) is 0 Å². The van der Waals surface area contributed by atoms with Gasteiger partial charge in [0.2, 0.25) is 0 Å². The Kier molecular flexibility index (Phi) is 4.71. The highest BCUT2D eigenvalue weighted by Gasteiger charge is 2.07. The molecule has 2 rings (SSSR count). The summed E-state index contributed by atoms with van der Waals surface area (Å²) in [4.78, 5) is 2.75. The number of hydrogen-bond donors (Lipinski definition) is 1. The molecule has 0 saturated heterocycles. The highest BCUT2D eigenvalue weighted by atomic mass is 32.1. The van der Waals surface area contributed by atoms with Crippen LogP contribution in [0.4, 0.5) is 0 Å². The first-order valence-electron chi connectivity index (χ1n) is 6.32. The smallest absolute Gasteiger partial charge is 0.117 e. The minimum absolute atomic E-state index is 0.439. The Morgan fingerprint density at radius 2 is 1.95 bits per heavy atom. The number of nitrogens with two attached hydrogens (primary N) is 1. The fraction of sp³-hybridized carbons (Fsp3) is 0.267. The number of rotatable bonds is 6. The second kappa shape index (κ2) is 6.50. The van der Waals surface area contributed by atoms with Crippen LogP contribution in [0.25, 0.3) is 0 Å². The molecule has 0 spiro atoms. The number of hydrogen-bond acceptors (Lipinski definition) is 3. The fourth-order valence-electron chi connectivity index (χ4n) is 1.94. The molecule has 2 N–H and O–H groups in total. The molecule has 19 heavy (non-hydrogen) atoms. The summed E-state index contributed by atoms with van der Waals surface area (Å²) < 4.78 is 5.38. The first-order chi connectivity index (χ1) is 9.19. The van der Waals surface area contributed by atoms with Gasteiger partial charge in [-0.3, -0.25) is 4.90 Å². The van der Waals surface area contributed by atoms with E-state index in [9.17, 15) is 0 Å². The van der Waals surface area contributed by atoms with Gasteiger partial charge in [0, 0.05) is 12.1 Å². The Morgan fingerprint density at radius 1 is 1.21 bits per heavy atom. The first kappa shape index (κ1) is 13.8. The van der Waals surface area contributed by atoms with E-state index in [4.69, 9.17) is 22.4 Å². The van der Waals surface area contributed by atoms with Crippen LogP contribution in [0.1, 0.15) is 23.8 Å². The lowest BCUT2D eigenvalue weighted by molar-refractivity contribution is 0.248. The topological polar surface area (TPSA) is 42.4 Å². The van der Waals surface area contributed by atoms with E-state index in [0.29, 0.717) is 4.99 Å². The van der Waals surface area contributed by atoms with Crippen LogP contribution in [0.15, 0.2) is 47.1 Å². The van der Waals surface area contributed by atoms with Gasteiger partial charge in [0.1, 0.15) is 10.7 Å². The monoisotopic (exact) mass is 274 g/mol. The zero-order chi connectivity index (χ0) is 13.7. The fourth-order valence-corrected chi connectivity index (χ4v) is 2.07. The van der Waals surface area contributed by atoms with Gasteiger partial charge in [-0.15, -0.1) is 0 Å². The molecule has 4 heteroatoms. The lowest BCUT2D eigenvalue weighted by Gasteiger charge is -2.19. The average Bonchev–Trinajstić information content (AvgIpc) is 2.91. The maximum absolute atomic E-state index is 5.59. The number of furan rings is 1. The molecule has 0 aliphatic heterocycles. The Morgan fingerprint density at radius 3 is 2.47 bits per heavy atom. The summed E-state index contributed by atoms with van der Waals surface area (Å²) in [7, 11) is 0. The summed E-state index contributed by atoms with van der Waals surface area (Å²) in [6.07, 6.45) is 1.71. The molecule has 1 aromatic carbocycles. The van der Waals surface area contributed by atoms with Crippen LogP contribution in [0.5, 0.6) is 0 Å². The standard InChI is InChI=1S/C15H18N2OS/c1-2-17(11-14-4-3-9-18-14)10-12-5-7-13(8-6-12)15(16)19/h3-9H,2,10-11H2,1H3,(H2,16,19). The van der Waals surface area contributed by atoms with Crippen molar-refractivity contribution in [1.29, 1.82) is 0 Å². The average molecular weight is 274 g/mol. The zero-order valence-corrected chi connectivity index (χ0v) is 11.8. The maximum Gasteiger partial charge on any atom is 0.117 e. The Balaban J connectivity index is 1.99. The van der Waals surface area contributed by atoms with Crippen LogP contribution in [0.3, 0.4) is 0 Å². The van der Waals surface area contributed by atoms with Gasteiger partial charge in [-0.2, -0.15) is 0 Å². The van der Waals surface area contributed by atoms with Crippen LogP contribution in [-0.2, 0) is 13.1 Å². The molecule has 0 saturated carbocycles. The van der Waals surface area contributed by atoms with Gasteiger partial charge in [0.05, 0.1) is 12.8 Å². The van der Waals surface area contributed by atoms with Crippen molar-refractivity contribution < 1.29 is 4.42 Å². The maximum atomic E-state index is 5.59. The van der Waals surface area contributed by atoms with E-state index >= 15 is 0 Å². The summed E-state index contributed by atoms with van der Waals surface area (Å²) in [5.74, 6) is 0.988. The first-order valence-corrected chi connectivity index (χ1v) is 6.73. The van der Waals surface area contributed by atoms with Crippen molar-refractivity contribution >= 4 is 17.2 Å². The molecular weight excluding hydrogens is 256 g/mol. The van der Waals surface area contributed by atoms with Crippen molar-refractivity contribution in [3.05, 3.63) is 59.5 Å². The SMILES string of the molecule is CCN(Cc1ccc(C(N)=S)cc1)Cc1ccco1. The normalized spacial score (nSPS) is 10.8. The van der Waals surface area contributed by atoms with Gasteiger partial charge in [-0.1, -0.05) is 43.4 Å². The van der Waals surface area contributed by atoms with Crippen LogP contribution in [0, 0.1) is 0 Å². The molecule has 0 unspecified atom stereocenters. The molecule has 0 atom stereocenters. The van der Waals surface area contributed by atoms with Crippen LogP contribution in [-0.4, -0.2) is 16.4 Å². The second-order valence-corrected chi connectivity index (χ2v) is 4.88. The molecule has 0 radical (unpaired) electrons. The van der Waals surface area contributed by atoms with E-state index in [1.807, 2.05) is 24.3 Å². The van der Waals surface area contributed by atoms with E-state index in [2.05, 4.69) is 24.0 Å². The van der Waals surface area contributed by atoms with Crippen molar-refractivity contribution in [1.82, 2.24) is 4.90 Å². The van der Waals surface area contributed by atoms with Crippen molar-refractivity contribution in [2.24, 2.45) is 5.73 Å². The van der Waals surface area contributed by atoms with Gasteiger partial charge in [0.25, 0.3) is 0 Å². The Hall–Kier alpha value is -1.65. The molecule has 1 aromatic heterocycles. The Bertz CT molecular complexity index is 520. The third-order valence-corrected chi connectivity index (χ3v) is 3.29. The molecule has 0 bridgehead atoms. The number of thiocarbonyl (C=S) groups is 1. The van der Waals surface area contributed by atoms with Gasteiger partial charge < -0.3 is 10.2 Å². The van der Waals surface area contributed by atoms with E-state index in [1.54, 1.807) is 6.26 Å². The second-order valence-electron chi connectivity index (χ2n) is 4.44. The third-order valence-electron chi connectivity index (χ3n) is 3.05. The summed E-state index contributed by atoms with van der Waals surface area (Å²) in [6, 6.07) is 12.0. The van der Waals surface area contributed by atoms with E-state index < -0.39 is 0 Å². The van der Waals surface area contributed by atoms with Crippen molar-refractivity contribution in [3.8, 4) is 0 Å². The summed E-state index contributed by atoms with van der Waals surface area (Å²) in [6.45, 7) is 4.82. The summed E-state index contributed by atoms with van der Waals surface area (Å²) >= 11 is 4.95. The van der Waals surface area contributed by atoms with Crippen molar-refractivity contribution in [2.45, 2.75) is 20.0 Å². The van der Waals surface area contributed by atoms with Crippen LogP contribution < -0.4 is 5.73 Å². The van der Waals surface area contributed by atoms with Crippen LogP contribution in [0.2, 0.25) is 0 Å². The van der Waals surface area contributed by atoms with E-state index in [1.165, 1.54) is 5.56 Å². The third kappa shape index (κ3) is 3.91. The van der Waals surface area contributed by atoms with Gasteiger partial charge >= 0.3 is 0 Å². The quantitative estimate of drug-likeness (QED) is 0.822. The minimum atomic E-state index is 0.439. The Labute approximate surface area is 119 Å². The number of nitrogens with zero attached hydrogens (tertiary/aromatic N) is 1. The van der Waals surface area contributed by atoms with Gasteiger partial charge in [0.15, 0.2) is 0 Å². The summed E-state index contributed by atoms with van der Waals surface area (Å²) in [5, 5.41) is 0. The highest BCUT2D eigenvalue weighted by Crippen LogP contribution is 2.11. The van der Waals surface area contributed by atoms with Crippen molar-refractivity contribution in [2.75, 3.05) is 6.54 Å². The summed E-state index contributed by atoms with van der Waals surface area (Å²) in [5.41, 5.74) is 7.74. The predicted octanol–water partition coefficient (Wildman–Crippen LogP) is 2.94. The molecule has 0 aliphatic carbocycles. The molecule has 1 heterocycles. The lowest BCUT2D eigenvalue weighted by Crippen LogP contribution is -2.22. The minimum Gasteiger partial charge on any atom is -0.468 e. The van der Waals surface area contributed by atoms with Gasteiger partial charge in [-0.05, 0) is 24.2 Å². The molecule has 2 aromatic rings. The molecule has 100 valence electrons. The molecule has 0 aliphatic rings. The number of benzene rings is 1.